The van der Waals surface area contributed by atoms with E-state index in [1.807, 2.05) is 12.1 Å². The molecule has 0 unspecified atom stereocenters. The van der Waals surface area contributed by atoms with Crippen molar-refractivity contribution in [1.82, 2.24) is 0 Å². The molecule has 2 rings (SSSR count). The van der Waals surface area contributed by atoms with Crippen LogP contribution in [0, 0.1) is 5.92 Å². The normalized spacial score (nSPS) is 18.7. The lowest BCUT2D eigenvalue weighted by Gasteiger charge is -2.35. The van der Waals surface area contributed by atoms with E-state index >= 15 is 0 Å². The number of benzene rings is 1. The fourth-order valence-corrected chi connectivity index (χ4v) is 3.81. The molecular formula is C23H36O4. The summed E-state index contributed by atoms with van der Waals surface area (Å²) in [5.41, 5.74) is 1.18. The number of esters is 1. The molecule has 1 aliphatic heterocycles. The summed E-state index contributed by atoms with van der Waals surface area (Å²) in [5, 5.41) is 0. The van der Waals surface area contributed by atoms with E-state index in [9.17, 15) is 4.79 Å². The number of ether oxygens (including phenoxy) is 3. The zero-order valence-corrected chi connectivity index (χ0v) is 17.3. The van der Waals surface area contributed by atoms with Crippen LogP contribution in [-0.4, -0.2) is 26.3 Å². The van der Waals surface area contributed by atoms with Crippen LogP contribution in [0.3, 0.4) is 0 Å². The Kier molecular flexibility index (Phi) is 9.51. The predicted octanol–water partition coefficient (Wildman–Crippen LogP) is 5.71. The van der Waals surface area contributed by atoms with Crippen LogP contribution in [-0.2, 0) is 16.0 Å². The van der Waals surface area contributed by atoms with Crippen LogP contribution in [0.4, 0.5) is 0 Å². The van der Waals surface area contributed by atoms with Crippen molar-refractivity contribution in [3.8, 4) is 11.5 Å². The Bertz CT molecular complexity index is 569. The van der Waals surface area contributed by atoms with Gasteiger partial charge in [-0.3, -0.25) is 4.79 Å². The zero-order valence-electron chi connectivity index (χ0n) is 17.3. The Hall–Kier alpha value is -1.71. The highest BCUT2D eigenvalue weighted by Gasteiger charge is 2.41. The van der Waals surface area contributed by atoms with E-state index in [2.05, 4.69) is 13.0 Å². The van der Waals surface area contributed by atoms with Crippen LogP contribution in [0.15, 0.2) is 18.2 Å². The van der Waals surface area contributed by atoms with Crippen LogP contribution >= 0.6 is 0 Å². The van der Waals surface area contributed by atoms with Crippen LogP contribution in [0.5, 0.6) is 11.5 Å². The summed E-state index contributed by atoms with van der Waals surface area (Å²) in [6.07, 6.45) is 13.2. The molecule has 0 saturated carbocycles. The van der Waals surface area contributed by atoms with Gasteiger partial charge >= 0.3 is 5.97 Å². The highest BCUT2D eigenvalue weighted by atomic mass is 16.6. The molecule has 4 nitrogen and oxygen atoms in total. The Morgan fingerprint density at radius 1 is 0.889 bits per heavy atom. The highest BCUT2D eigenvalue weighted by molar-refractivity contribution is 5.78. The van der Waals surface area contributed by atoms with E-state index in [1.54, 1.807) is 14.2 Å². The second-order valence-corrected chi connectivity index (χ2v) is 7.57. The lowest BCUT2D eigenvalue weighted by molar-refractivity contribution is -0.185. The number of aryl methyl sites for hydroxylation is 1. The summed E-state index contributed by atoms with van der Waals surface area (Å²) in [4.78, 5) is 11.8. The molecule has 0 bridgehead atoms. The van der Waals surface area contributed by atoms with E-state index in [4.69, 9.17) is 14.2 Å². The fraction of sp³-hybridized carbons (Fsp3) is 0.696. The van der Waals surface area contributed by atoms with Gasteiger partial charge in [-0.05, 0) is 37.0 Å². The van der Waals surface area contributed by atoms with Gasteiger partial charge in [-0.25, -0.2) is 0 Å². The number of rotatable bonds is 14. The molecule has 27 heavy (non-hydrogen) atoms. The average Bonchev–Trinajstić information content (AvgIpc) is 2.69. The quantitative estimate of drug-likeness (QED) is 0.308. The third-order valence-corrected chi connectivity index (χ3v) is 5.55. The number of cyclic esters (lactones) is 1. The van der Waals surface area contributed by atoms with E-state index < -0.39 is 0 Å². The maximum absolute atomic E-state index is 11.8. The minimum Gasteiger partial charge on any atom is -0.493 e. The first kappa shape index (κ1) is 21.6. The maximum Gasteiger partial charge on any atom is 0.313 e. The Morgan fingerprint density at radius 2 is 1.56 bits per heavy atom. The third-order valence-electron chi connectivity index (χ3n) is 5.55. The summed E-state index contributed by atoms with van der Waals surface area (Å²) < 4.78 is 16.0. The van der Waals surface area contributed by atoms with Crippen molar-refractivity contribution in [2.75, 3.05) is 14.2 Å². The molecule has 1 aromatic rings. The molecule has 0 amide bonds. The van der Waals surface area contributed by atoms with Gasteiger partial charge in [-0.1, -0.05) is 64.4 Å². The van der Waals surface area contributed by atoms with Gasteiger partial charge in [0.1, 0.15) is 6.10 Å². The lowest BCUT2D eigenvalue weighted by Crippen LogP contribution is -2.45. The molecule has 1 aromatic carbocycles. The van der Waals surface area contributed by atoms with E-state index in [0.29, 0.717) is 0 Å². The third kappa shape index (κ3) is 6.75. The van der Waals surface area contributed by atoms with Crippen molar-refractivity contribution in [1.29, 1.82) is 0 Å². The summed E-state index contributed by atoms with van der Waals surface area (Å²) in [7, 11) is 3.29. The number of carbonyl (C=O) groups is 1. The molecule has 1 saturated heterocycles. The minimum atomic E-state index is -0.00439. The lowest BCUT2D eigenvalue weighted by atomic mass is 9.87. The standard InChI is InChI=1S/C23H36O4/c1-4-5-6-7-8-9-10-11-12-19-20(27-23(19)24)15-13-18-14-16-21(25-2)22(17-18)26-3/h14,16-17,19-20H,4-13,15H2,1-3H3/t19-,20-/m0/s1. The first-order valence-electron chi connectivity index (χ1n) is 10.6. The van der Waals surface area contributed by atoms with Gasteiger partial charge in [0.2, 0.25) is 0 Å². The summed E-state index contributed by atoms with van der Waals surface area (Å²) in [6.45, 7) is 2.25. The zero-order chi connectivity index (χ0) is 19.5. The second kappa shape index (κ2) is 11.9. The molecule has 0 radical (unpaired) electrons. The van der Waals surface area contributed by atoms with Gasteiger partial charge in [-0.15, -0.1) is 0 Å². The van der Waals surface area contributed by atoms with E-state index in [1.165, 1.54) is 50.5 Å². The Morgan fingerprint density at radius 3 is 2.19 bits per heavy atom. The summed E-state index contributed by atoms with van der Waals surface area (Å²) in [6, 6.07) is 5.99. The Labute approximate surface area is 164 Å². The predicted molar refractivity (Wildman–Crippen MR) is 108 cm³/mol. The van der Waals surface area contributed by atoms with E-state index in [-0.39, 0.29) is 18.0 Å². The molecule has 1 aliphatic rings. The molecule has 152 valence electrons. The largest absolute Gasteiger partial charge is 0.493 e. The molecule has 4 heteroatoms. The number of carbonyl (C=O) groups excluding carboxylic acids is 1. The number of hydrogen-bond acceptors (Lipinski definition) is 4. The van der Waals surface area contributed by atoms with Crippen LogP contribution in [0.2, 0.25) is 0 Å². The van der Waals surface area contributed by atoms with Crippen molar-refractivity contribution in [3.63, 3.8) is 0 Å². The average molecular weight is 377 g/mol. The van der Waals surface area contributed by atoms with Crippen LogP contribution in [0.25, 0.3) is 0 Å². The molecule has 0 N–H and O–H groups in total. The number of methoxy groups -OCH3 is 2. The fourth-order valence-electron chi connectivity index (χ4n) is 3.81. The first-order chi connectivity index (χ1) is 13.2. The summed E-state index contributed by atoms with van der Waals surface area (Å²) >= 11 is 0. The number of unbranched alkanes of at least 4 members (excludes halogenated alkanes) is 7. The molecule has 2 atom stereocenters. The van der Waals surface area contributed by atoms with Gasteiger partial charge in [0.15, 0.2) is 11.5 Å². The maximum atomic E-state index is 11.8. The highest BCUT2D eigenvalue weighted by Crippen LogP contribution is 2.33. The van der Waals surface area contributed by atoms with Gasteiger partial charge in [-0.2, -0.15) is 0 Å². The molecule has 0 aromatic heterocycles. The van der Waals surface area contributed by atoms with Gasteiger partial charge < -0.3 is 14.2 Å². The van der Waals surface area contributed by atoms with E-state index in [0.717, 1.165) is 37.2 Å². The van der Waals surface area contributed by atoms with Crippen LogP contribution in [0.1, 0.15) is 76.7 Å². The summed E-state index contributed by atoms with van der Waals surface area (Å²) in [5.74, 6) is 1.58. The Balaban J connectivity index is 1.66. The molecular weight excluding hydrogens is 340 g/mol. The van der Waals surface area contributed by atoms with Crippen molar-refractivity contribution in [2.24, 2.45) is 5.92 Å². The smallest absolute Gasteiger partial charge is 0.313 e. The SMILES string of the molecule is CCCCCCCCCC[C@@H]1C(=O)O[C@H]1CCc1ccc(OC)c(OC)c1. The molecule has 1 heterocycles. The van der Waals surface area contributed by atoms with Crippen molar-refractivity contribution < 1.29 is 19.0 Å². The van der Waals surface area contributed by atoms with Crippen molar-refractivity contribution in [2.45, 2.75) is 83.7 Å². The topological polar surface area (TPSA) is 44.8 Å². The molecule has 1 fully saturated rings. The monoisotopic (exact) mass is 376 g/mol. The molecule has 0 aliphatic carbocycles. The van der Waals surface area contributed by atoms with Crippen molar-refractivity contribution in [3.05, 3.63) is 23.8 Å². The first-order valence-corrected chi connectivity index (χ1v) is 10.6. The minimum absolute atomic E-state index is 0.00439. The van der Waals surface area contributed by atoms with Gasteiger partial charge in [0, 0.05) is 0 Å². The van der Waals surface area contributed by atoms with Gasteiger partial charge in [0.25, 0.3) is 0 Å². The second-order valence-electron chi connectivity index (χ2n) is 7.57. The number of hydrogen-bond donors (Lipinski definition) is 0. The van der Waals surface area contributed by atoms with Crippen molar-refractivity contribution >= 4 is 5.97 Å². The molecule has 0 spiro atoms. The van der Waals surface area contributed by atoms with Gasteiger partial charge in [0.05, 0.1) is 20.1 Å². The van der Waals surface area contributed by atoms with Crippen LogP contribution < -0.4 is 9.47 Å².